The van der Waals surface area contributed by atoms with E-state index in [2.05, 4.69) is 21.2 Å². The molecule has 0 aliphatic carbocycles. The monoisotopic (exact) mass is 343 g/mol. The highest BCUT2D eigenvalue weighted by Gasteiger charge is 2.22. The van der Waals surface area contributed by atoms with Crippen LogP contribution in [0.15, 0.2) is 28.7 Å². The molecule has 2 N–H and O–H groups in total. The van der Waals surface area contributed by atoms with Gasteiger partial charge in [-0.2, -0.15) is 0 Å². The highest BCUT2D eigenvalue weighted by Crippen LogP contribution is 2.19. The summed E-state index contributed by atoms with van der Waals surface area (Å²) in [6, 6.07) is 6.94. The van der Waals surface area contributed by atoms with Gasteiger partial charge in [-0.3, -0.25) is 4.79 Å². The first-order valence-electron chi connectivity index (χ1n) is 6.14. The summed E-state index contributed by atoms with van der Waals surface area (Å²) in [5, 5.41) is 11.7. The van der Waals surface area contributed by atoms with Crippen LogP contribution in [0.3, 0.4) is 0 Å². The minimum Gasteiger partial charge on any atom is -0.481 e. The molecular weight excluding hydrogens is 326 g/mol. The molecule has 110 valence electrons. The van der Waals surface area contributed by atoms with E-state index in [9.17, 15) is 14.7 Å². The number of benzene rings is 1. The molecule has 0 aromatic heterocycles. The fourth-order valence-corrected chi connectivity index (χ4v) is 1.81. The molecule has 1 rings (SSSR count). The average molecular weight is 344 g/mol. The van der Waals surface area contributed by atoms with E-state index < -0.39 is 23.6 Å². The second-order valence-corrected chi connectivity index (χ2v) is 6.24. The fraction of sp³-hybridized carbons (Fsp3) is 0.429. The van der Waals surface area contributed by atoms with Gasteiger partial charge in [-0.25, -0.2) is 4.79 Å². The van der Waals surface area contributed by atoms with Crippen LogP contribution in [0.4, 0.5) is 4.79 Å². The van der Waals surface area contributed by atoms with Gasteiger partial charge in [-0.05, 0) is 38.5 Å². The number of carboxylic acid groups (broad SMARTS) is 1. The lowest BCUT2D eigenvalue weighted by Gasteiger charge is -2.21. The first-order chi connectivity index (χ1) is 9.19. The van der Waals surface area contributed by atoms with E-state index in [1.165, 1.54) is 0 Å². The van der Waals surface area contributed by atoms with Crippen molar-refractivity contribution in [3.05, 3.63) is 34.3 Å². The molecule has 0 saturated heterocycles. The van der Waals surface area contributed by atoms with Crippen molar-refractivity contribution in [2.24, 2.45) is 0 Å². The van der Waals surface area contributed by atoms with Gasteiger partial charge >= 0.3 is 12.1 Å². The van der Waals surface area contributed by atoms with Crippen LogP contribution in [-0.4, -0.2) is 29.3 Å². The maximum Gasteiger partial charge on any atom is 0.407 e. The summed E-state index contributed by atoms with van der Waals surface area (Å²) >= 11 is 3.29. The van der Waals surface area contributed by atoms with E-state index >= 15 is 0 Å². The minimum atomic E-state index is -0.997. The van der Waals surface area contributed by atoms with Crippen molar-refractivity contribution in [3.63, 3.8) is 0 Å². The second-order valence-electron chi connectivity index (χ2n) is 5.33. The van der Waals surface area contributed by atoms with Crippen molar-refractivity contribution >= 4 is 28.0 Å². The predicted octanol–water partition coefficient (Wildman–Crippen LogP) is 3.14. The van der Waals surface area contributed by atoms with Gasteiger partial charge in [0, 0.05) is 11.0 Å². The quantitative estimate of drug-likeness (QED) is 0.880. The van der Waals surface area contributed by atoms with Crippen molar-refractivity contribution in [1.82, 2.24) is 5.32 Å². The lowest BCUT2D eigenvalue weighted by molar-refractivity contribution is -0.138. The summed E-state index contributed by atoms with van der Waals surface area (Å²) in [4.78, 5) is 22.8. The number of nitrogens with one attached hydrogen (secondary N) is 1. The Morgan fingerprint density at radius 1 is 1.30 bits per heavy atom. The molecule has 0 saturated carbocycles. The molecule has 6 heteroatoms. The fourth-order valence-electron chi connectivity index (χ4n) is 1.54. The van der Waals surface area contributed by atoms with Gasteiger partial charge in [0.2, 0.25) is 0 Å². The first kappa shape index (κ1) is 16.5. The highest BCUT2D eigenvalue weighted by molar-refractivity contribution is 9.10. The third-order valence-corrected chi connectivity index (χ3v) is 2.95. The van der Waals surface area contributed by atoms with Crippen molar-refractivity contribution in [2.45, 2.75) is 32.3 Å². The Balaban J connectivity index is 2.67. The Morgan fingerprint density at radius 2 is 1.85 bits per heavy atom. The van der Waals surface area contributed by atoms with Crippen LogP contribution in [0.2, 0.25) is 0 Å². The van der Waals surface area contributed by atoms with E-state index in [1.807, 2.05) is 0 Å². The van der Waals surface area contributed by atoms with E-state index in [-0.39, 0.29) is 6.54 Å². The first-order valence-corrected chi connectivity index (χ1v) is 6.93. The number of aliphatic carboxylic acids is 1. The number of hydrogen-bond acceptors (Lipinski definition) is 3. The number of carbonyl (C=O) groups is 2. The van der Waals surface area contributed by atoms with E-state index in [0.29, 0.717) is 5.56 Å². The molecule has 1 aromatic carbocycles. The van der Waals surface area contributed by atoms with Crippen LogP contribution in [0.1, 0.15) is 32.3 Å². The lowest BCUT2D eigenvalue weighted by Crippen LogP contribution is -2.36. The van der Waals surface area contributed by atoms with Crippen LogP contribution in [-0.2, 0) is 9.53 Å². The third-order valence-electron chi connectivity index (χ3n) is 2.42. The normalized spacial score (nSPS) is 12.6. The van der Waals surface area contributed by atoms with Gasteiger partial charge in [-0.15, -0.1) is 0 Å². The predicted molar refractivity (Wildman–Crippen MR) is 78.8 cm³/mol. The largest absolute Gasteiger partial charge is 0.481 e. The van der Waals surface area contributed by atoms with Crippen LogP contribution in [0.25, 0.3) is 0 Å². The zero-order valence-electron chi connectivity index (χ0n) is 11.6. The summed E-state index contributed by atoms with van der Waals surface area (Å²) in [6.45, 7) is 5.22. The number of hydrogen-bond donors (Lipinski definition) is 2. The van der Waals surface area contributed by atoms with Crippen molar-refractivity contribution < 1.29 is 19.4 Å². The van der Waals surface area contributed by atoms with Gasteiger partial charge in [0.15, 0.2) is 0 Å². The number of alkyl carbamates (subject to hydrolysis) is 1. The molecule has 0 aliphatic rings. The molecule has 1 amide bonds. The molecule has 0 heterocycles. The molecule has 0 radical (unpaired) electrons. The summed E-state index contributed by atoms with van der Waals surface area (Å²) in [5.74, 6) is -1.81. The topological polar surface area (TPSA) is 75.6 Å². The van der Waals surface area contributed by atoms with Gasteiger partial charge in [0.25, 0.3) is 0 Å². The van der Waals surface area contributed by atoms with Crippen molar-refractivity contribution in [2.75, 3.05) is 6.54 Å². The second kappa shape index (κ2) is 6.74. The van der Waals surface area contributed by atoms with Crippen molar-refractivity contribution in [1.29, 1.82) is 0 Å². The summed E-state index contributed by atoms with van der Waals surface area (Å²) < 4.78 is 5.94. The molecule has 0 aliphatic heterocycles. The molecule has 0 bridgehead atoms. The molecule has 20 heavy (non-hydrogen) atoms. The Hall–Kier alpha value is -1.56. The van der Waals surface area contributed by atoms with E-state index in [4.69, 9.17) is 4.74 Å². The lowest BCUT2D eigenvalue weighted by atomic mass is 9.99. The molecule has 1 atom stereocenters. The van der Waals surface area contributed by atoms with Gasteiger partial charge in [0.1, 0.15) is 5.60 Å². The van der Waals surface area contributed by atoms with Gasteiger partial charge < -0.3 is 15.2 Å². The van der Waals surface area contributed by atoms with Gasteiger partial charge in [-0.1, -0.05) is 28.1 Å². The van der Waals surface area contributed by atoms with Crippen molar-refractivity contribution in [3.8, 4) is 0 Å². The molecule has 0 fully saturated rings. The number of carboxylic acids is 1. The minimum absolute atomic E-state index is 0.0219. The molecule has 0 spiro atoms. The Bertz CT molecular complexity index is 479. The zero-order valence-corrected chi connectivity index (χ0v) is 13.2. The molecular formula is C14H18BrNO4. The van der Waals surface area contributed by atoms with E-state index in [0.717, 1.165) is 4.47 Å². The summed E-state index contributed by atoms with van der Waals surface area (Å²) in [6.07, 6.45) is -0.624. The number of carbonyl (C=O) groups excluding carboxylic acids is 1. The van der Waals surface area contributed by atoms with Gasteiger partial charge in [0.05, 0.1) is 5.92 Å². The number of halogens is 1. The molecule has 5 nitrogen and oxygen atoms in total. The molecule has 1 aromatic rings. The van der Waals surface area contributed by atoms with E-state index in [1.54, 1.807) is 45.0 Å². The third kappa shape index (κ3) is 5.61. The Morgan fingerprint density at radius 3 is 2.30 bits per heavy atom. The van der Waals surface area contributed by atoms with Crippen LogP contribution < -0.4 is 5.32 Å². The summed E-state index contributed by atoms with van der Waals surface area (Å²) in [5.41, 5.74) is 0.0113. The number of rotatable bonds is 4. The number of ether oxygens (including phenoxy) is 1. The Kier molecular flexibility index (Phi) is 5.56. The average Bonchev–Trinajstić information content (AvgIpc) is 2.29. The Labute approximate surface area is 126 Å². The van der Waals surface area contributed by atoms with Crippen LogP contribution in [0.5, 0.6) is 0 Å². The smallest absolute Gasteiger partial charge is 0.407 e. The number of amides is 1. The van der Waals surface area contributed by atoms with Crippen LogP contribution >= 0.6 is 15.9 Å². The summed E-state index contributed by atoms with van der Waals surface area (Å²) in [7, 11) is 0. The zero-order chi connectivity index (χ0) is 15.3. The maximum atomic E-state index is 11.5. The highest BCUT2D eigenvalue weighted by atomic mass is 79.9. The SMILES string of the molecule is CC(C)(C)OC(=O)NC[C@@H](C(=O)O)c1ccc(Br)cc1. The maximum absolute atomic E-state index is 11.5. The standard InChI is InChI=1S/C14H18BrNO4/c1-14(2,3)20-13(19)16-8-11(12(17)18)9-4-6-10(15)7-5-9/h4-7,11H,8H2,1-3H3,(H,16,19)(H,17,18)/t11-/m1/s1. The van der Waals surface area contributed by atoms with Crippen LogP contribution in [0, 0.1) is 0 Å². The molecule has 0 unspecified atom stereocenters.